The Labute approximate surface area is 175 Å². The van der Waals surface area contributed by atoms with E-state index in [1.807, 2.05) is 67.6 Å². The number of benzene rings is 3. The molecule has 6 nitrogen and oxygen atoms in total. The van der Waals surface area contributed by atoms with E-state index in [0.29, 0.717) is 11.3 Å². The third-order valence-electron chi connectivity index (χ3n) is 4.36. The average Bonchev–Trinajstić information content (AvgIpc) is 2.78. The van der Waals surface area contributed by atoms with Crippen LogP contribution in [0.2, 0.25) is 0 Å². The van der Waals surface area contributed by atoms with Gasteiger partial charge in [-0.25, -0.2) is 0 Å². The van der Waals surface area contributed by atoms with Crippen molar-refractivity contribution in [3.63, 3.8) is 0 Å². The van der Waals surface area contributed by atoms with Gasteiger partial charge in [0.2, 0.25) is 0 Å². The van der Waals surface area contributed by atoms with Gasteiger partial charge in [0.05, 0.1) is 23.5 Å². The maximum Gasteiger partial charge on any atom is 0.265 e. The van der Waals surface area contributed by atoms with Crippen LogP contribution in [-0.2, 0) is 9.63 Å². The van der Waals surface area contributed by atoms with Crippen LogP contribution in [0, 0.1) is 0 Å². The van der Waals surface area contributed by atoms with Gasteiger partial charge in [-0.05, 0) is 30.2 Å². The van der Waals surface area contributed by atoms with Crippen LogP contribution in [0.1, 0.15) is 34.5 Å². The third kappa shape index (κ3) is 6.04. The molecule has 0 spiro atoms. The van der Waals surface area contributed by atoms with Crippen molar-refractivity contribution in [2.24, 2.45) is 5.16 Å². The summed E-state index contributed by atoms with van der Waals surface area (Å²) in [4.78, 5) is 30.0. The SMILES string of the molecule is C[C@H](NC(=O)c1ccccc1NC(=O)CO/N=C\c1ccccc1)c1ccccc1. The molecule has 152 valence electrons. The number of amides is 2. The van der Waals surface area contributed by atoms with Crippen molar-refractivity contribution in [2.75, 3.05) is 11.9 Å². The minimum absolute atomic E-state index is 0.168. The monoisotopic (exact) mass is 401 g/mol. The number of nitrogens with one attached hydrogen (secondary N) is 2. The van der Waals surface area contributed by atoms with Gasteiger partial charge < -0.3 is 15.5 Å². The summed E-state index contributed by atoms with van der Waals surface area (Å²) < 4.78 is 0. The fraction of sp³-hybridized carbons (Fsp3) is 0.125. The van der Waals surface area contributed by atoms with Crippen molar-refractivity contribution < 1.29 is 14.4 Å². The van der Waals surface area contributed by atoms with Gasteiger partial charge in [0.15, 0.2) is 6.61 Å². The molecule has 0 aromatic heterocycles. The van der Waals surface area contributed by atoms with Crippen LogP contribution in [0.15, 0.2) is 90.1 Å². The van der Waals surface area contributed by atoms with Gasteiger partial charge in [0.1, 0.15) is 0 Å². The number of hydrogen-bond acceptors (Lipinski definition) is 4. The molecule has 3 rings (SSSR count). The number of oxime groups is 1. The van der Waals surface area contributed by atoms with E-state index in [4.69, 9.17) is 4.84 Å². The molecule has 2 amide bonds. The van der Waals surface area contributed by atoms with Crippen LogP contribution < -0.4 is 10.6 Å². The molecule has 30 heavy (non-hydrogen) atoms. The fourth-order valence-electron chi connectivity index (χ4n) is 2.81. The highest BCUT2D eigenvalue weighted by atomic mass is 16.6. The third-order valence-corrected chi connectivity index (χ3v) is 4.36. The summed E-state index contributed by atoms with van der Waals surface area (Å²) in [6.07, 6.45) is 1.53. The lowest BCUT2D eigenvalue weighted by Crippen LogP contribution is -2.28. The number of carbonyl (C=O) groups excluding carboxylic acids is 2. The van der Waals surface area contributed by atoms with Crippen molar-refractivity contribution in [1.29, 1.82) is 0 Å². The van der Waals surface area contributed by atoms with E-state index in [-0.39, 0.29) is 18.6 Å². The lowest BCUT2D eigenvalue weighted by Gasteiger charge is -2.16. The minimum Gasteiger partial charge on any atom is -0.386 e. The molecule has 0 heterocycles. The quantitative estimate of drug-likeness (QED) is 0.439. The Bertz CT molecular complexity index is 1000. The Hall–Kier alpha value is -3.93. The second kappa shape index (κ2) is 10.6. The van der Waals surface area contributed by atoms with E-state index >= 15 is 0 Å². The van der Waals surface area contributed by atoms with Crippen LogP contribution in [0.25, 0.3) is 0 Å². The molecule has 0 saturated heterocycles. The Morgan fingerprint density at radius 1 is 0.933 bits per heavy atom. The number of para-hydroxylation sites is 1. The summed E-state index contributed by atoms with van der Waals surface area (Å²) in [6.45, 7) is 1.65. The minimum atomic E-state index is -0.406. The molecule has 2 N–H and O–H groups in total. The normalized spacial score (nSPS) is 11.6. The van der Waals surface area contributed by atoms with Crippen molar-refractivity contribution >= 4 is 23.7 Å². The number of hydrogen-bond donors (Lipinski definition) is 2. The van der Waals surface area contributed by atoms with Gasteiger partial charge in [-0.15, -0.1) is 0 Å². The van der Waals surface area contributed by atoms with Crippen LogP contribution in [0.4, 0.5) is 5.69 Å². The molecule has 0 fully saturated rings. The molecule has 0 unspecified atom stereocenters. The summed E-state index contributed by atoms with van der Waals surface area (Å²) in [5.41, 5.74) is 2.65. The number of anilines is 1. The first-order chi connectivity index (χ1) is 14.6. The maximum absolute atomic E-state index is 12.7. The first-order valence-electron chi connectivity index (χ1n) is 9.58. The van der Waals surface area contributed by atoms with E-state index in [9.17, 15) is 9.59 Å². The molecule has 0 aliphatic heterocycles. The van der Waals surface area contributed by atoms with Crippen molar-refractivity contribution in [3.05, 3.63) is 102 Å². The molecule has 6 heteroatoms. The zero-order valence-electron chi connectivity index (χ0n) is 16.6. The Kier molecular flexibility index (Phi) is 7.33. The highest BCUT2D eigenvalue weighted by Crippen LogP contribution is 2.18. The predicted octanol–water partition coefficient (Wildman–Crippen LogP) is 4.17. The van der Waals surface area contributed by atoms with Gasteiger partial charge in [-0.1, -0.05) is 78.0 Å². The molecule has 0 bridgehead atoms. The number of rotatable bonds is 8. The van der Waals surface area contributed by atoms with Gasteiger partial charge in [0.25, 0.3) is 11.8 Å². The predicted molar refractivity (Wildman–Crippen MR) is 117 cm³/mol. The highest BCUT2D eigenvalue weighted by Gasteiger charge is 2.16. The van der Waals surface area contributed by atoms with Crippen LogP contribution in [0.3, 0.4) is 0 Å². The standard InChI is InChI=1S/C24H23N3O3/c1-18(20-12-6-3-7-13-20)26-24(29)21-14-8-9-15-22(21)27-23(28)17-30-25-16-19-10-4-2-5-11-19/h2-16,18H,17H2,1H3,(H,26,29)(H,27,28)/b25-16-/t18-/m0/s1. The summed E-state index contributed by atoms with van der Waals surface area (Å²) in [5.74, 6) is -0.679. The Morgan fingerprint density at radius 2 is 1.57 bits per heavy atom. The second-order valence-corrected chi connectivity index (χ2v) is 6.62. The summed E-state index contributed by atoms with van der Waals surface area (Å²) >= 11 is 0. The van der Waals surface area contributed by atoms with E-state index < -0.39 is 5.91 Å². The first kappa shape index (κ1) is 20.8. The number of nitrogens with zero attached hydrogens (tertiary/aromatic N) is 1. The molecular formula is C24H23N3O3. The van der Waals surface area contributed by atoms with Crippen LogP contribution in [-0.4, -0.2) is 24.6 Å². The molecule has 0 saturated carbocycles. The van der Waals surface area contributed by atoms with E-state index in [1.165, 1.54) is 6.21 Å². The second-order valence-electron chi connectivity index (χ2n) is 6.62. The molecule has 3 aromatic carbocycles. The highest BCUT2D eigenvalue weighted by molar-refractivity contribution is 6.04. The maximum atomic E-state index is 12.7. The van der Waals surface area contributed by atoms with Gasteiger partial charge in [0, 0.05) is 0 Å². The first-order valence-corrected chi connectivity index (χ1v) is 9.58. The van der Waals surface area contributed by atoms with Crippen molar-refractivity contribution in [3.8, 4) is 0 Å². The van der Waals surface area contributed by atoms with Crippen molar-refractivity contribution in [1.82, 2.24) is 5.32 Å². The van der Waals surface area contributed by atoms with Crippen LogP contribution >= 0.6 is 0 Å². The topological polar surface area (TPSA) is 79.8 Å². The molecule has 1 atom stereocenters. The van der Waals surface area contributed by atoms with Gasteiger partial charge in [-0.2, -0.15) is 0 Å². The smallest absolute Gasteiger partial charge is 0.265 e. The zero-order valence-corrected chi connectivity index (χ0v) is 16.6. The van der Waals surface area contributed by atoms with Crippen molar-refractivity contribution in [2.45, 2.75) is 13.0 Å². The molecule has 3 aromatic rings. The molecule has 0 aliphatic rings. The summed E-state index contributed by atoms with van der Waals surface area (Å²) in [5, 5.41) is 9.44. The lowest BCUT2D eigenvalue weighted by molar-refractivity contribution is -0.120. The van der Waals surface area contributed by atoms with E-state index in [2.05, 4.69) is 15.8 Å². The average molecular weight is 401 g/mol. The largest absolute Gasteiger partial charge is 0.386 e. The molecule has 0 aliphatic carbocycles. The summed E-state index contributed by atoms with van der Waals surface area (Å²) in [7, 11) is 0. The Morgan fingerprint density at radius 3 is 2.30 bits per heavy atom. The molecule has 0 radical (unpaired) electrons. The van der Waals surface area contributed by atoms with E-state index in [0.717, 1.165) is 11.1 Å². The van der Waals surface area contributed by atoms with Gasteiger partial charge >= 0.3 is 0 Å². The lowest BCUT2D eigenvalue weighted by atomic mass is 10.1. The Balaban J connectivity index is 1.57. The van der Waals surface area contributed by atoms with Gasteiger partial charge in [-0.3, -0.25) is 9.59 Å². The number of carbonyl (C=O) groups is 2. The fourth-order valence-corrected chi connectivity index (χ4v) is 2.81. The van der Waals surface area contributed by atoms with E-state index in [1.54, 1.807) is 24.3 Å². The zero-order chi connectivity index (χ0) is 21.2. The summed E-state index contributed by atoms with van der Waals surface area (Å²) in [6, 6.07) is 25.8. The van der Waals surface area contributed by atoms with Crippen LogP contribution in [0.5, 0.6) is 0 Å². The molecular weight excluding hydrogens is 378 g/mol.